The van der Waals surface area contributed by atoms with Gasteiger partial charge in [0.2, 0.25) is 0 Å². The lowest BCUT2D eigenvalue weighted by atomic mass is 9.76. The van der Waals surface area contributed by atoms with Crippen LogP contribution in [0.4, 0.5) is 4.79 Å². The second kappa shape index (κ2) is 6.05. The number of amides is 2. The maximum atomic E-state index is 12.2. The third-order valence-corrected chi connectivity index (χ3v) is 5.42. The maximum Gasteiger partial charge on any atom is 0.317 e. The van der Waals surface area contributed by atoms with E-state index in [2.05, 4.69) is 5.32 Å². The van der Waals surface area contributed by atoms with Crippen LogP contribution in [0, 0.1) is 18.3 Å². The lowest BCUT2D eigenvalue weighted by Gasteiger charge is -2.28. The van der Waals surface area contributed by atoms with E-state index < -0.39 is 11.4 Å². The fraction of sp³-hybridized carbons (Fsp3) is 0.600. The SMILES string of the molecule is Cc1cscc1CNC(=O)N1CCC(C(=O)O)(C(C)C)C1. The molecule has 2 N–H and O–H groups in total. The summed E-state index contributed by atoms with van der Waals surface area (Å²) in [4.78, 5) is 25.4. The number of carbonyl (C=O) groups is 2. The lowest BCUT2D eigenvalue weighted by Crippen LogP contribution is -2.43. The van der Waals surface area contributed by atoms with E-state index in [1.165, 1.54) is 5.56 Å². The van der Waals surface area contributed by atoms with Gasteiger partial charge in [0.1, 0.15) is 0 Å². The minimum absolute atomic E-state index is 0.00641. The van der Waals surface area contributed by atoms with E-state index in [1.807, 2.05) is 31.5 Å². The normalized spacial score (nSPS) is 21.8. The highest BCUT2D eigenvalue weighted by Gasteiger charge is 2.48. The van der Waals surface area contributed by atoms with Gasteiger partial charge in [-0.05, 0) is 41.1 Å². The molecule has 0 bridgehead atoms. The van der Waals surface area contributed by atoms with Crippen molar-refractivity contribution in [3.8, 4) is 0 Å². The number of aliphatic carboxylic acids is 1. The Balaban J connectivity index is 1.96. The van der Waals surface area contributed by atoms with E-state index in [9.17, 15) is 14.7 Å². The number of thiophene rings is 1. The molecule has 1 aliphatic heterocycles. The van der Waals surface area contributed by atoms with E-state index in [-0.39, 0.29) is 18.5 Å². The summed E-state index contributed by atoms with van der Waals surface area (Å²) in [7, 11) is 0. The van der Waals surface area contributed by atoms with Gasteiger partial charge in [-0.1, -0.05) is 13.8 Å². The molecule has 21 heavy (non-hydrogen) atoms. The number of aryl methyl sites for hydroxylation is 1. The van der Waals surface area contributed by atoms with Crippen LogP contribution in [0.5, 0.6) is 0 Å². The van der Waals surface area contributed by atoms with Gasteiger partial charge >= 0.3 is 12.0 Å². The summed E-state index contributed by atoms with van der Waals surface area (Å²) in [5, 5.41) is 16.4. The zero-order valence-electron chi connectivity index (χ0n) is 12.7. The lowest BCUT2D eigenvalue weighted by molar-refractivity contribution is -0.150. The van der Waals surface area contributed by atoms with Crippen molar-refractivity contribution in [1.29, 1.82) is 0 Å². The van der Waals surface area contributed by atoms with Crippen LogP contribution in [0.25, 0.3) is 0 Å². The molecule has 0 aromatic carbocycles. The quantitative estimate of drug-likeness (QED) is 0.898. The number of carboxylic acid groups (broad SMARTS) is 1. The zero-order valence-corrected chi connectivity index (χ0v) is 13.5. The van der Waals surface area contributed by atoms with Gasteiger partial charge < -0.3 is 15.3 Å². The van der Waals surface area contributed by atoms with Crippen LogP contribution in [-0.4, -0.2) is 35.1 Å². The van der Waals surface area contributed by atoms with Crippen LogP contribution in [0.15, 0.2) is 10.8 Å². The summed E-state index contributed by atoms with van der Waals surface area (Å²) in [6.07, 6.45) is 0.519. The first kappa shape index (κ1) is 15.8. The largest absolute Gasteiger partial charge is 0.481 e. The van der Waals surface area contributed by atoms with Crippen molar-refractivity contribution in [2.75, 3.05) is 13.1 Å². The maximum absolute atomic E-state index is 12.2. The molecule has 1 aliphatic rings. The van der Waals surface area contributed by atoms with E-state index in [4.69, 9.17) is 0 Å². The summed E-state index contributed by atoms with van der Waals surface area (Å²) in [6, 6.07) is -0.177. The van der Waals surface area contributed by atoms with Gasteiger partial charge in [0, 0.05) is 19.6 Å². The molecular formula is C15H22N2O3S. The number of carbonyl (C=O) groups excluding carboxylic acids is 1. The van der Waals surface area contributed by atoms with Gasteiger partial charge in [0.05, 0.1) is 5.41 Å². The number of hydrogen-bond acceptors (Lipinski definition) is 3. The first-order valence-corrected chi connectivity index (χ1v) is 8.09. The molecule has 6 heteroatoms. The number of likely N-dealkylation sites (tertiary alicyclic amines) is 1. The Hall–Kier alpha value is -1.56. The van der Waals surface area contributed by atoms with Crippen LogP contribution in [0.3, 0.4) is 0 Å². The molecule has 5 nitrogen and oxygen atoms in total. The Morgan fingerprint density at radius 2 is 2.19 bits per heavy atom. The molecular weight excluding hydrogens is 288 g/mol. The fourth-order valence-electron chi connectivity index (χ4n) is 2.75. The molecule has 1 aromatic rings. The Kier molecular flexibility index (Phi) is 4.56. The molecule has 2 rings (SSSR count). The highest BCUT2D eigenvalue weighted by Crippen LogP contribution is 2.38. The van der Waals surface area contributed by atoms with Gasteiger partial charge in [0.15, 0.2) is 0 Å². The molecule has 0 radical (unpaired) electrons. The van der Waals surface area contributed by atoms with Gasteiger partial charge in [-0.2, -0.15) is 11.3 Å². The number of rotatable bonds is 4. The first-order valence-electron chi connectivity index (χ1n) is 7.14. The van der Waals surface area contributed by atoms with Crippen LogP contribution in [0.1, 0.15) is 31.4 Å². The van der Waals surface area contributed by atoms with Gasteiger partial charge in [0.25, 0.3) is 0 Å². The van der Waals surface area contributed by atoms with Crippen LogP contribution < -0.4 is 5.32 Å². The summed E-state index contributed by atoms with van der Waals surface area (Å²) in [5.74, 6) is -0.798. The summed E-state index contributed by atoms with van der Waals surface area (Å²) >= 11 is 1.62. The zero-order chi connectivity index (χ0) is 15.6. The van der Waals surface area contributed by atoms with Gasteiger partial charge in [-0.25, -0.2) is 4.79 Å². The Morgan fingerprint density at radius 3 is 2.67 bits per heavy atom. The van der Waals surface area contributed by atoms with Crippen molar-refractivity contribution in [2.24, 2.45) is 11.3 Å². The number of urea groups is 1. The Labute approximate surface area is 129 Å². The molecule has 2 amide bonds. The van der Waals surface area contributed by atoms with Crippen molar-refractivity contribution in [3.63, 3.8) is 0 Å². The number of nitrogens with zero attached hydrogens (tertiary/aromatic N) is 1. The highest BCUT2D eigenvalue weighted by atomic mass is 32.1. The number of nitrogens with one attached hydrogen (secondary N) is 1. The van der Waals surface area contributed by atoms with Crippen molar-refractivity contribution < 1.29 is 14.7 Å². The van der Waals surface area contributed by atoms with Crippen molar-refractivity contribution in [1.82, 2.24) is 10.2 Å². The minimum Gasteiger partial charge on any atom is -0.481 e. The topological polar surface area (TPSA) is 69.6 Å². The molecule has 0 saturated carbocycles. The summed E-state index contributed by atoms with van der Waals surface area (Å²) < 4.78 is 0. The first-order chi connectivity index (χ1) is 9.86. The van der Waals surface area contributed by atoms with Crippen LogP contribution in [-0.2, 0) is 11.3 Å². The van der Waals surface area contributed by atoms with Crippen molar-refractivity contribution >= 4 is 23.3 Å². The molecule has 0 spiro atoms. The molecule has 116 valence electrons. The predicted octanol–water partition coefficient (Wildman–Crippen LogP) is 2.70. The summed E-state index contributed by atoms with van der Waals surface area (Å²) in [6.45, 7) is 7.11. The second-order valence-electron chi connectivity index (χ2n) is 6.03. The number of carboxylic acids is 1. The Morgan fingerprint density at radius 1 is 1.48 bits per heavy atom. The van der Waals surface area contributed by atoms with E-state index in [1.54, 1.807) is 16.2 Å². The monoisotopic (exact) mass is 310 g/mol. The predicted molar refractivity (Wildman–Crippen MR) is 82.4 cm³/mol. The van der Waals surface area contributed by atoms with Crippen molar-refractivity contribution in [3.05, 3.63) is 21.9 Å². The molecule has 1 fully saturated rings. The van der Waals surface area contributed by atoms with E-state index >= 15 is 0 Å². The third kappa shape index (κ3) is 3.05. The number of hydrogen-bond donors (Lipinski definition) is 2. The van der Waals surface area contributed by atoms with E-state index in [0.717, 1.165) is 5.56 Å². The molecule has 2 heterocycles. The standard InChI is InChI=1S/C15H22N2O3S/c1-10(2)15(13(18)19)4-5-17(9-15)14(20)16-6-12-8-21-7-11(12)3/h7-8,10H,4-6,9H2,1-3H3,(H,16,20)(H,18,19). The fourth-order valence-corrected chi connectivity index (χ4v) is 3.61. The van der Waals surface area contributed by atoms with Gasteiger partial charge in [-0.3, -0.25) is 4.79 Å². The van der Waals surface area contributed by atoms with Crippen molar-refractivity contribution in [2.45, 2.75) is 33.7 Å². The average Bonchev–Trinajstić information content (AvgIpc) is 3.03. The molecule has 0 aliphatic carbocycles. The Bertz CT molecular complexity index is 541. The smallest absolute Gasteiger partial charge is 0.317 e. The molecule has 1 aromatic heterocycles. The molecule has 1 atom stereocenters. The average molecular weight is 310 g/mol. The van der Waals surface area contributed by atoms with Crippen LogP contribution in [0.2, 0.25) is 0 Å². The molecule has 1 unspecified atom stereocenters. The molecule has 1 saturated heterocycles. The van der Waals surface area contributed by atoms with Gasteiger partial charge in [-0.15, -0.1) is 0 Å². The minimum atomic E-state index is -0.810. The third-order valence-electron chi connectivity index (χ3n) is 4.51. The van der Waals surface area contributed by atoms with E-state index in [0.29, 0.717) is 19.5 Å². The summed E-state index contributed by atoms with van der Waals surface area (Å²) in [5.41, 5.74) is 1.47. The highest BCUT2D eigenvalue weighted by molar-refractivity contribution is 7.08. The second-order valence-corrected chi connectivity index (χ2v) is 6.77. The van der Waals surface area contributed by atoms with Crippen LogP contribution >= 0.6 is 11.3 Å².